The Kier molecular flexibility index (Phi) is 5.70. The molecule has 0 saturated heterocycles. The van der Waals surface area contributed by atoms with E-state index in [0.29, 0.717) is 28.4 Å². The van der Waals surface area contributed by atoms with Crippen LogP contribution < -0.4 is 0 Å². The molecule has 1 aliphatic heterocycles. The van der Waals surface area contributed by atoms with Crippen LogP contribution in [0.5, 0.6) is 0 Å². The second kappa shape index (κ2) is 8.59. The summed E-state index contributed by atoms with van der Waals surface area (Å²) in [5.41, 5.74) is 2.62. The van der Waals surface area contributed by atoms with E-state index in [0.717, 1.165) is 6.42 Å². The Morgan fingerprint density at radius 2 is 1.65 bits per heavy atom. The van der Waals surface area contributed by atoms with Crippen LogP contribution in [0.3, 0.4) is 0 Å². The van der Waals surface area contributed by atoms with Crippen LogP contribution in [0.1, 0.15) is 68.6 Å². The number of ketones is 1. The molecule has 0 bridgehead atoms. The Morgan fingerprint density at radius 3 is 2.26 bits per heavy atom. The van der Waals surface area contributed by atoms with Gasteiger partial charge in [-0.1, -0.05) is 50.2 Å². The Labute approximate surface area is 179 Å². The van der Waals surface area contributed by atoms with Crippen molar-refractivity contribution in [1.82, 2.24) is 25.1 Å². The van der Waals surface area contributed by atoms with Gasteiger partial charge in [0, 0.05) is 18.5 Å². The zero-order chi connectivity index (χ0) is 22.0. The van der Waals surface area contributed by atoms with Crippen molar-refractivity contribution in [3.63, 3.8) is 0 Å². The van der Waals surface area contributed by atoms with Crippen molar-refractivity contribution in [2.45, 2.75) is 39.2 Å². The maximum absolute atomic E-state index is 12.5. The van der Waals surface area contributed by atoms with E-state index in [1.54, 1.807) is 24.3 Å². The Morgan fingerprint density at radius 1 is 1.00 bits per heavy atom. The average molecular weight is 417 g/mol. The summed E-state index contributed by atoms with van der Waals surface area (Å²) in [6.45, 7) is 4.41. The molecule has 158 valence electrons. The molecule has 1 aromatic heterocycles. The molecule has 2 aromatic carbocycles. The number of imide groups is 1. The fourth-order valence-electron chi connectivity index (χ4n) is 3.55. The number of fused-ring (bicyclic) bond motifs is 1. The van der Waals surface area contributed by atoms with Crippen LogP contribution in [0.15, 0.2) is 48.5 Å². The van der Waals surface area contributed by atoms with Crippen molar-refractivity contribution in [3.05, 3.63) is 76.6 Å². The van der Waals surface area contributed by atoms with Crippen LogP contribution in [0.2, 0.25) is 0 Å². The van der Waals surface area contributed by atoms with Gasteiger partial charge in [0.2, 0.25) is 0 Å². The summed E-state index contributed by atoms with van der Waals surface area (Å²) in [5.74, 6) is 0.0790. The number of hydrogen-bond donors (Lipinski definition) is 0. The van der Waals surface area contributed by atoms with E-state index in [1.165, 1.54) is 15.3 Å². The molecule has 1 aliphatic rings. The van der Waals surface area contributed by atoms with Crippen LogP contribution in [0.4, 0.5) is 0 Å². The van der Waals surface area contributed by atoms with Crippen molar-refractivity contribution in [3.8, 4) is 0 Å². The van der Waals surface area contributed by atoms with Gasteiger partial charge in [-0.25, -0.2) is 0 Å². The smallest absolute Gasteiger partial charge is 0.261 e. The summed E-state index contributed by atoms with van der Waals surface area (Å²) in [6, 6.07) is 14.3. The summed E-state index contributed by atoms with van der Waals surface area (Å²) in [4.78, 5) is 39.8. The number of carbonyl (C=O) groups is 3. The molecule has 4 rings (SSSR count). The first-order valence-corrected chi connectivity index (χ1v) is 10.3. The topological polar surface area (TPSA) is 98.0 Å². The van der Waals surface area contributed by atoms with E-state index in [-0.39, 0.29) is 37.1 Å². The number of aromatic nitrogens is 4. The molecule has 0 radical (unpaired) electrons. The van der Waals surface area contributed by atoms with Crippen LogP contribution in [0, 0.1) is 0 Å². The molecule has 0 saturated carbocycles. The maximum Gasteiger partial charge on any atom is 0.261 e. The van der Waals surface area contributed by atoms with Crippen molar-refractivity contribution >= 4 is 17.6 Å². The fraction of sp³-hybridized carbons (Fsp3) is 0.304. The number of rotatable bonds is 8. The van der Waals surface area contributed by atoms with E-state index in [4.69, 9.17) is 0 Å². The Balaban J connectivity index is 1.35. The van der Waals surface area contributed by atoms with E-state index in [2.05, 4.69) is 29.3 Å². The van der Waals surface area contributed by atoms with Crippen LogP contribution in [-0.4, -0.2) is 49.2 Å². The first kappa shape index (κ1) is 20.6. The van der Waals surface area contributed by atoms with Gasteiger partial charge in [0.1, 0.15) is 6.54 Å². The molecule has 0 unspecified atom stereocenters. The number of Topliss-reactive ketones (excluding diaryl/α,β-unsaturated/α-hetero) is 1. The van der Waals surface area contributed by atoms with Gasteiger partial charge in [-0.3, -0.25) is 19.3 Å². The molecule has 8 nitrogen and oxygen atoms in total. The van der Waals surface area contributed by atoms with Crippen LogP contribution in [0.25, 0.3) is 0 Å². The van der Waals surface area contributed by atoms with Gasteiger partial charge in [-0.05, 0) is 35.2 Å². The van der Waals surface area contributed by atoms with E-state index in [1.807, 2.05) is 24.3 Å². The van der Waals surface area contributed by atoms with Gasteiger partial charge in [-0.2, -0.15) is 4.80 Å². The molecule has 0 fully saturated rings. The van der Waals surface area contributed by atoms with Gasteiger partial charge in [0.15, 0.2) is 11.6 Å². The number of tetrazole rings is 1. The summed E-state index contributed by atoms with van der Waals surface area (Å²) in [7, 11) is 0. The Hall–Kier alpha value is -3.68. The van der Waals surface area contributed by atoms with Gasteiger partial charge in [0.25, 0.3) is 11.8 Å². The number of carbonyl (C=O) groups excluding carboxylic acids is 3. The number of nitrogens with zero attached hydrogens (tertiary/aromatic N) is 5. The molecule has 0 spiro atoms. The lowest BCUT2D eigenvalue weighted by Crippen LogP contribution is -2.32. The predicted octanol–water partition coefficient (Wildman–Crippen LogP) is 2.91. The number of hydrogen-bond acceptors (Lipinski definition) is 6. The van der Waals surface area contributed by atoms with Crippen molar-refractivity contribution in [2.75, 3.05) is 6.54 Å². The van der Waals surface area contributed by atoms with Gasteiger partial charge in [-0.15, -0.1) is 10.2 Å². The summed E-state index contributed by atoms with van der Waals surface area (Å²) >= 11 is 0. The van der Waals surface area contributed by atoms with Gasteiger partial charge < -0.3 is 0 Å². The lowest BCUT2D eigenvalue weighted by Gasteiger charge is -2.11. The van der Waals surface area contributed by atoms with E-state index in [9.17, 15) is 14.4 Å². The highest BCUT2D eigenvalue weighted by molar-refractivity contribution is 6.21. The largest absolute Gasteiger partial charge is 0.292 e. The summed E-state index contributed by atoms with van der Waals surface area (Å²) in [5, 5.41) is 12.1. The van der Waals surface area contributed by atoms with Crippen molar-refractivity contribution in [2.24, 2.45) is 0 Å². The minimum atomic E-state index is -0.316. The first-order valence-electron chi connectivity index (χ1n) is 10.3. The normalized spacial score (nSPS) is 14.1. The molecular formula is C23H23N5O3. The molecule has 2 heterocycles. The SMILES string of the molecule is CC[C@@H](C)c1ccc(C(=O)Cn2nnc(CCN3C(=O)c4ccccc4C3=O)n2)cc1. The molecule has 0 aliphatic carbocycles. The quantitative estimate of drug-likeness (QED) is 0.413. The van der Waals surface area contributed by atoms with Gasteiger partial charge in [0.05, 0.1) is 11.1 Å². The van der Waals surface area contributed by atoms with Crippen LogP contribution >= 0.6 is 0 Å². The van der Waals surface area contributed by atoms with Gasteiger partial charge >= 0.3 is 0 Å². The molecule has 8 heteroatoms. The highest BCUT2D eigenvalue weighted by Gasteiger charge is 2.34. The average Bonchev–Trinajstić information content (AvgIpc) is 3.34. The molecule has 31 heavy (non-hydrogen) atoms. The monoisotopic (exact) mass is 417 g/mol. The van der Waals surface area contributed by atoms with Crippen LogP contribution in [-0.2, 0) is 13.0 Å². The standard InChI is InChI=1S/C23H23N5O3/c1-3-15(2)16-8-10-17(11-9-16)20(29)14-28-25-21(24-26-28)12-13-27-22(30)18-6-4-5-7-19(18)23(27)31/h4-11,15H,3,12-14H2,1-2H3/t15-/m1/s1. The maximum atomic E-state index is 12.5. The van der Waals surface area contributed by atoms with Crippen molar-refractivity contribution in [1.29, 1.82) is 0 Å². The minimum absolute atomic E-state index is 0.0251. The summed E-state index contributed by atoms with van der Waals surface area (Å²) < 4.78 is 0. The molecule has 2 amide bonds. The minimum Gasteiger partial charge on any atom is -0.292 e. The lowest BCUT2D eigenvalue weighted by molar-refractivity contribution is 0.0655. The highest BCUT2D eigenvalue weighted by Crippen LogP contribution is 2.22. The Bertz CT molecular complexity index is 1100. The number of amides is 2. The molecule has 0 N–H and O–H groups in total. The number of benzene rings is 2. The molecule has 3 aromatic rings. The van der Waals surface area contributed by atoms with Crippen molar-refractivity contribution < 1.29 is 14.4 Å². The second-order valence-corrected chi connectivity index (χ2v) is 7.65. The zero-order valence-electron chi connectivity index (χ0n) is 17.5. The zero-order valence-corrected chi connectivity index (χ0v) is 17.5. The molecular weight excluding hydrogens is 394 g/mol. The fourth-order valence-corrected chi connectivity index (χ4v) is 3.55. The summed E-state index contributed by atoms with van der Waals surface area (Å²) in [6.07, 6.45) is 1.31. The predicted molar refractivity (Wildman–Crippen MR) is 113 cm³/mol. The third-order valence-corrected chi connectivity index (χ3v) is 5.63. The highest BCUT2D eigenvalue weighted by atomic mass is 16.2. The first-order chi connectivity index (χ1) is 15.0. The third kappa shape index (κ3) is 4.14. The molecule has 1 atom stereocenters. The third-order valence-electron chi connectivity index (χ3n) is 5.63. The second-order valence-electron chi connectivity index (χ2n) is 7.65. The van der Waals surface area contributed by atoms with E-state index < -0.39 is 0 Å². The lowest BCUT2D eigenvalue weighted by atomic mass is 9.97. The van der Waals surface area contributed by atoms with E-state index >= 15 is 0 Å².